The highest BCUT2D eigenvalue weighted by Gasteiger charge is 2.20. The number of rotatable bonds is 20. The van der Waals surface area contributed by atoms with Crippen LogP contribution in [0.2, 0.25) is 0 Å². The average Bonchev–Trinajstić information content (AvgIpc) is 3.05. The van der Waals surface area contributed by atoms with Crippen LogP contribution < -0.4 is 9.47 Å². The molecule has 3 rings (SSSR count). The highest BCUT2D eigenvalue weighted by molar-refractivity contribution is 6.11. The van der Waals surface area contributed by atoms with Gasteiger partial charge < -0.3 is 18.9 Å². The zero-order chi connectivity index (χ0) is 31.9. The van der Waals surface area contributed by atoms with Gasteiger partial charge in [0.1, 0.15) is 11.5 Å². The van der Waals surface area contributed by atoms with E-state index in [-0.39, 0.29) is 25.2 Å². The minimum Gasteiger partial charge on any atom is -0.481 e. The van der Waals surface area contributed by atoms with Gasteiger partial charge in [-0.05, 0) is 60.8 Å². The van der Waals surface area contributed by atoms with Gasteiger partial charge >= 0.3 is 11.9 Å². The van der Waals surface area contributed by atoms with Crippen molar-refractivity contribution >= 4 is 33.5 Å². The van der Waals surface area contributed by atoms with E-state index in [1.807, 2.05) is 12.1 Å². The van der Waals surface area contributed by atoms with E-state index in [9.17, 15) is 9.59 Å². The maximum absolute atomic E-state index is 12.8. The van der Waals surface area contributed by atoms with Crippen molar-refractivity contribution in [1.29, 1.82) is 0 Å². The number of carbonyl (C=O) groups excluding carboxylic acids is 2. The number of fused-ring (bicyclic) bond motifs is 2. The molecule has 242 valence electrons. The summed E-state index contributed by atoms with van der Waals surface area (Å²) in [7, 11) is 0. The van der Waals surface area contributed by atoms with Crippen LogP contribution in [-0.4, -0.2) is 38.4 Å². The molecule has 0 heterocycles. The molecular formula is C38H54O6. The summed E-state index contributed by atoms with van der Waals surface area (Å²) >= 11 is 0. The Balaban J connectivity index is 1.90. The van der Waals surface area contributed by atoms with Gasteiger partial charge in [0.15, 0.2) is 13.2 Å². The van der Waals surface area contributed by atoms with Crippen LogP contribution in [0.5, 0.6) is 11.5 Å². The number of ether oxygens (including phenoxy) is 4. The van der Waals surface area contributed by atoms with E-state index in [2.05, 4.69) is 65.8 Å². The predicted octanol–water partition coefficient (Wildman–Crippen LogP) is 9.39. The Morgan fingerprint density at radius 2 is 1.00 bits per heavy atom. The molecule has 3 aromatic rings. The Kier molecular flexibility index (Phi) is 14.8. The summed E-state index contributed by atoms with van der Waals surface area (Å²) in [5.74, 6) is 1.25. The molecule has 0 aliphatic rings. The molecule has 2 unspecified atom stereocenters. The third-order valence-electron chi connectivity index (χ3n) is 8.68. The van der Waals surface area contributed by atoms with Gasteiger partial charge in [0, 0.05) is 21.5 Å². The van der Waals surface area contributed by atoms with Crippen LogP contribution in [0, 0.1) is 11.8 Å². The maximum Gasteiger partial charge on any atom is 0.344 e. The molecule has 0 aliphatic heterocycles. The number of benzene rings is 3. The van der Waals surface area contributed by atoms with Crippen molar-refractivity contribution in [1.82, 2.24) is 0 Å². The molecule has 0 amide bonds. The minimum absolute atomic E-state index is 0.176. The van der Waals surface area contributed by atoms with Crippen molar-refractivity contribution in [2.24, 2.45) is 11.8 Å². The van der Waals surface area contributed by atoms with Crippen molar-refractivity contribution in [2.45, 2.75) is 106 Å². The lowest BCUT2D eigenvalue weighted by molar-refractivity contribution is -0.148. The standard InChI is InChI=1S/C38H54O6/c1-7-13-15-29(11-5)23-41-35(39)25-43-37-31-19-17-27(9-3)21-33(31)38(34-22-28(10-4)18-20-32(34)37)44-26-36(40)42-24-30(12-6)16-14-8-2/h17-22,29-30H,7-16,23-26H2,1-6H3. The Hall–Kier alpha value is -3.28. The van der Waals surface area contributed by atoms with Gasteiger partial charge in [0.2, 0.25) is 0 Å². The molecule has 0 aliphatic carbocycles. The van der Waals surface area contributed by atoms with Gasteiger partial charge in [-0.1, -0.05) is 104 Å². The van der Waals surface area contributed by atoms with E-state index in [1.165, 1.54) is 0 Å². The van der Waals surface area contributed by atoms with Crippen LogP contribution in [0.25, 0.3) is 21.5 Å². The summed E-state index contributed by atoms with van der Waals surface area (Å²) in [6.45, 7) is 13.3. The summed E-state index contributed by atoms with van der Waals surface area (Å²) in [5.41, 5.74) is 2.28. The molecule has 0 fully saturated rings. The van der Waals surface area contributed by atoms with Gasteiger partial charge in [-0.15, -0.1) is 0 Å². The lowest BCUT2D eigenvalue weighted by Crippen LogP contribution is -2.20. The molecule has 6 heteroatoms. The smallest absolute Gasteiger partial charge is 0.344 e. The second kappa shape index (κ2) is 18.5. The summed E-state index contributed by atoms with van der Waals surface area (Å²) < 4.78 is 23.8. The van der Waals surface area contributed by atoms with Crippen molar-refractivity contribution in [3.05, 3.63) is 47.5 Å². The Morgan fingerprint density at radius 1 is 0.591 bits per heavy atom. The van der Waals surface area contributed by atoms with E-state index < -0.39 is 0 Å². The first-order valence-corrected chi connectivity index (χ1v) is 17.0. The molecule has 0 spiro atoms. The third-order valence-corrected chi connectivity index (χ3v) is 8.68. The van der Waals surface area contributed by atoms with Crippen LogP contribution >= 0.6 is 0 Å². The lowest BCUT2D eigenvalue weighted by Gasteiger charge is -2.19. The first kappa shape index (κ1) is 35.2. The van der Waals surface area contributed by atoms with E-state index in [0.29, 0.717) is 36.5 Å². The van der Waals surface area contributed by atoms with Crippen LogP contribution in [0.4, 0.5) is 0 Å². The lowest BCUT2D eigenvalue weighted by atomic mass is 9.96. The predicted molar refractivity (Wildman–Crippen MR) is 180 cm³/mol. The first-order chi connectivity index (χ1) is 21.4. The largest absolute Gasteiger partial charge is 0.481 e. The molecule has 3 aromatic carbocycles. The van der Waals surface area contributed by atoms with Gasteiger partial charge in [-0.3, -0.25) is 0 Å². The number of esters is 2. The Bertz CT molecular complexity index is 1280. The number of aryl methyl sites for hydroxylation is 2. The Labute approximate surface area is 264 Å². The number of unbranched alkanes of at least 4 members (excludes halogenated alkanes) is 2. The quantitative estimate of drug-likeness (QED) is 0.0943. The third kappa shape index (κ3) is 9.87. The highest BCUT2D eigenvalue weighted by Crippen LogP contribution is 2.43. The van der Waals surface area contributed by atoms with Gasteiger partial charge in [0.25, 0.3) is 0 Å². The van der Waals surface area contributed by atoms with Crippen molar-refractivity contribution in [3.8, 4) is 11.5 Å². The Morgan fingerprint density at radius 3 is 1.36 bits per heavy atom. The zero-order valence-electron chi connectivity index (χ0n) is 28.0. The van der Waals surface area contributed by atoms with Crippen molar-refractivity contribution < 1.29 is 28.5 Å². The molecule has 2 atom stereocenters. The van der Waals surface area contributed by atoms with Crippen molar-refractivity contribution in [3.63, 3.8) is 0 Å². The minimum atomic E-state index is -0.371. The summed E-state index contributed by atoms with van der Waals surface area (Å²) in [4.78, 5) is 25.6. The summed E-state index contributed by atoms with van der Waals surface area (Å²) in [6, 6.07) is 12.4. The normalized spacial score (nSPS) is 12.7. The molecule has 6 nitrogen and oxygen atoms in total. The van der Waals surface area contributed by atoms with Crippen LogP contribution in [-0.2, 0) is 31.9 Å². The fourth-order valence-corrected chi connectivity index (χ4v) is 5.56. The number of hydrogen-bond acceptors (Lipinski definition) is 6. The topological polar surface area (TPSA) is 71.1 Å². The maximum atomic E-state index is 12.8. The van der Waals surface area contributed by atoms with Gasteiger partial charge in [-0.2, -0.15) is 0 Å². The molecule has 0 saturated heterocycles. The number of hydrogen-bond donors (Lipinski definition) is 0. The van der Waals surface area contributed by atoms with Crippen LogP contribution in [0.15, 0.2) is 36.4 Å². The zero-order valence-corrected chi connectivity index (χ0v) is 28.0. The SMILES string of the molecule is CCCCC(CC)COC(=O)COc1c2ccc(CC)cc2c(OCC(=O)OCC(CC)CCCC)c2cc(CC)ccc12. The van der Waals surface area contributed by atoms with E-state index >= 15 is 0 Å². The van der Waals surface area contributed by atoms with E-state index in [4.69, 9.17) is 18.9 Å². The number of carbonyl (C=O) groups is 2. The fourth-order valence-electron chi connectivity index (χ4n) is 5.56. The van der Waals surface area contributed by atoms with Crippen LogP contribution in [0.3, 0.4) is 0 Å². The summed E-state index contributed by atoms with van der Waals surface area (Å²) in [6.07, 6.45) is 10.3. The highest BCUT2D eigenvalue weighted by atomic mass is 16.6. The van der Waals surface area contributed by atoms with E-state index in [1.54, 1.807) is 0 Å². The van der Waals surface area contributed by atoms with Crippen molar-refractivity contribution in [2.75, 3.05) is 26.4 Å². The molecule has 0 saturated carbocycles. The molecule has 44 heavy (non-hydrogen) atoms. The van der Waals surface area contributed by atoms with Gasteiger partial charge in [-0.25, -0.2) is 9.59 Å². The first-order valence-electron chi connectivity index (χ1n) is 17.0. The van der Waals surface area contributed by atoms with Crippen LogP contribution in [0.1, 0.15) is 104 Å². The average molecular weight is 607 g/mol. The summed E-state index contributed by atoms with van der Waals surface area (Å²) in [5, 5.41) is 3.35. The second-order valence-corrected chi connectivity index (χ2v) is 11.9. The van der Waals surface area contributed by atoms with E-state index in [0.717, 1.165) is 96.9 Å². The van der Waals surface area contributed by atoms with Gasteiger partial charge in [0.05, 0.1) is 13.2 Å². The molecule has 0 radical (unpaired) electrons. The molecule has 0 N–H and O–H groups in total. The molecular weight excluding hydrogens is 552 g/mol. The fraction of sp³-hybridized carbons (Fsp3) is 0.579. The monoisotopic (exact) mass is 606 g/mol. The second-order valence-electron chi connectivity index (χ2n) is 11.9. The molecule has 0 aromatic heterocycles. The molecule has 0 bridgehead atoms.